The summed E-state index contributed by atoms with van der Waals surface area (Å²) < 4.78 is 2.04. The summed E-state index contributed by atoms with van der Waals surface area (Å²) in [6, 6.07) is 0. The minimum atomic E-state index is 0.890. The molecule has 5 heteroatoms. The van der Waals surface area contributed by atoms with Crippen LogP contribution >= 0.6 is 0 Å². The standard InChI is InChI=1S/C13H25N5/c1-11-12(10-14-2)13(17(4)15-11)18-7-5-6-16(3)8-9-18/h14H,5-10H2,1-4H3. The van der Waals surface area contributed by atoms with Gasteiger partial charge in [-0.25, -0.2) is 0 Å². The molecule has 18 heavy (non-hydrogen) atoms. The highest BCUT2D eigenvalue weighted by Crippen LogP contribution is 2.24. The van der Waals surface area contributed by atoms with Gasteiger partial charge in [0.25, 0.3) is 0 Å². The Bertz CT molecular complexity index is 398. The van der Waals surface area contributed by atoms with E-state index in [1.54, 1.807) is 0 Å². The first-order valence-electron chi connectivity index (χ1n) is 6.74. The number of anilines is 1. The number of likely N-dealkylation sites (N-methyl/N-ethyl adjacent to an activating group) is 1. The van der Waals surface area contributed by atoms with E-state index in [2.05, 4.69) is 41.2 Å². The number of aromatic nitrogens is 2. The molecule has 102 valence electrons. The Labute approximate surface area is 110 Å². The van der Waals surface area contributed by atoms with Crippen LogP contribution in [0.3, 0.4) is 0 Å². The van der Waals surface area contributed by atoms with E-state index in [-0.39, 0.29) is 0 Å². The van der Waals surface area contributed by atoms with Crippen molar-refractivity contribution in [1.82, 2.24) is 20.0 Å². The van der Waals surface area contributed by atoms with Crippen LogP contribution in [-0.2, 0) is 13.6 Å². The lowest BCUT2D eigenvalue weighted by Gasteiger charge is -2.24. The van der Waals surface area contributed by atoms with Gasteiger partial charge in [-0.2, -0.15) is 5.10 Å². The molecule has 0 atom stereocenters. The van der Waals surface area contributed by atoms with E-state index in [4.69, 9.17) is 0 Å². The summed E-state index contributed by atoms with van der Waals surface area (Å²) in [6.07, 6.45) is 1.22. The zero-order chi connectivity index (χ0) is 13.1. The average Bonchev–Trinajstić information content (AvgIpc) is 2.51. The van der Waals surface area contributed by atoms with Gasteiger partial charge in [0.15, 0.2) is 0 Å². The monoisotopic (exact) mass is 251 g/mol. The van der Waals surface area contributed by atoms with Crippen molar-refractivity contribution in [1.29, 1.82) is 0 Å². The van der Waals surface area contributed by atoms with E-state index < -0.39 is 0 Å². The first-order valence-corrected chi connectivity index (χ1v) is 6.74. The van der Waals surface area contributed by atoms with Crippen LogP contribution < -0.4 is 10.2 Å². The lowest BCUT2D eigenvalue weighted by atomic mass is 10.2. The molecule has 5 nitrogen and oxygen atoms in total. The molecule has 2 heterocycles. The normalized spacial score (nSPS) is 18.1. The molecule has 1 N–H and O–H groups in total. The van der Waals surface area contributed by atoms with Gasteiger partial charge in [0.1, 0.15) is 5.82 Å². The van der Waals surface area contributed by atoms with Crippen molar-refractivity contribution in [3.05, 3.63) is 11.3 Å². The Hall–Kier alpha value is -1.07. The largest absolute Gasteiger partial charge is 0.355 e. The van der Waals surface area contributed by atoms with Gasteiger partial charge in [0, 0.05) is 38.8 Å². The van der Waals surface area contributed by atoms with Crippen LogP contribution in [0.2, 0.25) is 0 Å². The van der Waals surface area contributed by atoms with E-state index in [1.807, 2.05) is 11.7 Å². The first kappa shape index (κ1) is 13.4. The van der Waals surface area contributed by atoms with Gasteiger partial charge < -0.3 is 15.1 Å². The number of nitrogens with one attached hydrogen (secondary N) is 1. The predicted octanol–water partition coefficient (Wildman–Crippen LogP) is 0.590. The summed E-state index contributed by atoms with van der Waals surface area (Å²) in [5.74, 6) is 1.29. The lowest BCUT2D eigenvalue weighted by Crippen LogP contribution is -2.31. The maximum absolute atomic E-state index is 4.58. The van der Waals surface area contributed by atoms with Crippen LogP contribution in [-0.4, -0.2) is 55.0 Å². The Balaban J connectivity index is 2.25. The summed E-state index contributed by atoms with van der Waals surface area (Å²) in [5, 5.41) is 7.83. The molecule has 0 aromatic carbocycles. The summed E-state index contributed by atoms with van der Waals surface area (Å²) in [6.45, 7) is 7.52. The molecular weight excluding hydrogens is 226 g/mol. The summed E-state index contributed by atoms with van der Waals surface area (Å²) in [4.78, 5) is 4.89. The number of rotatable bonds is 3. The average molecular weight is 251 g/mol. The van der Waals surface area contributed by atoms with Crippen molar-refractivity contribution < 1.29 is 0 Å². The SMILES string of the molecule is CNCc1c(C)nn(C)c1N1CCCN(C)CC1. The van der Waals surface area contributed by atoms with Crippen molar-refractivity contribution in [2.45, 2.75) is 19.9 Å². The number of hydrogen-bond acceptors (Lipinski definition) is 4. The minimum Gasteiger partial charge on any atom is -0.355 e. The van der Waals surface area contributed by atoms with Crippen molar-refractivity contribution in [2.24, 2.45) is 7.05 Å². The molecule has 1 saturated heterocycles. The second kappa shape index (κ2) is 5.71. The zero-order valence-electron chi connectivity index (χ0n) is 12.0. The fourth-order valence-electron chi connectivity index (χ4n) is 2.73. The van der Waals surface area contributed by atoms with Gasteiger partial charge in [-0.3, -0.25) is 4.68 Å². The van der Waals surface area contributed by atoms with Gasteiger partial charge >= 0.3 is 0 Å². The highest BCUT2D eigenvalue weighted by Gasteiger charge is 2.20. The summed E-state index contributed by atoms with van der Waals surface area (Å²) >= 11 is 0. The fraction of sp³-hybridized carbons (Fsp3) is 0.769. The molecule has 0 bridgehead atoms. The number of hydrogen-bond donors (Lipinski definition) is 1. The topological polar surface area (TPSA) is 36.3 Å². The third-order valence-corrected chi connectivity index (χ3v) is 3.69. The third-order valence-electron chi connectivity index (χ3n) is 3.69. The molecule has 1 fully saturated rings. The van der Waals surface area contributed by atoms with Crippen LogP contribution in [0, 0.1) is 6.92 Å². The van der Waals surface area contributed by atoms with Gasteiger partial charge in [0.05, 0.1) is 5.69 Å². The van der Waals surface area contributed by atoms with Gasteiger partial charge in [-0.1, -0.05) is 0 Å². The van der Waals surface area contributed by atoms with Gasteiger partial charge in [-0.05, 0) is 34.0 Å². The maximum atomic E-state index is 4.58. The molecular formula is C13H25N5. The Morgan fingerprint density at radius 2 is 1.94 bits per heavy atom. The van der Waals surface area contributed by atoms with Gasteiger partial charge in [0.2, 0.25) is 0 Å². The van der Waals surface area contributed by atoms with Crippen molar-refractivity contribution in [3.63, 3.8) is 0 Å². The highest BCUT2D eigenvalue weighted by atomic mass is 15.4. The molecule has 1 aliphatic heterocycles. The molecule has 0 radical (unpaired) electrons. The summed E-state index contributed by atoms with van der Waals surface area (Å²) in [5.41, 5.74) is 2.48. The van der Waals surface area contributed by atoms with Crippen LogP contribution in [0.4, 0.5) is 5.82 Å². The summed E-state index contributed by atoms with van der Waals surface area (Å²) in [7, 11) is 6.25. The first-order chi connectivity index (χ1) is 8.63. The molecule has 0 aliphatic carbocycles. The van der Waals surface area contributed by atoms with Gasteiger partial charge in [-0.15, -0.1) is 0 Å². The zero-order valence-corrected chi connectivity index (χ0v) is 12.0. The van der Waals surface area contributed by atoms with Crippen molar-refractivity contribution in [3.8, 4) is 0 Å². The molecule has 0 saturated carbocycles. The maximum Gasteiger partial charge on any atom is 0.131 e. The van der Waals surface area contributed by atoms with Crippen molar-refractivity contribution in [2.75, 3.05) is 45.2 Å². The van der Waals surface area contributed by atoms with Crippen molar-refractivity contribution >= 4 is 5.82 Å². The molecule has 1 aliphatic rings. The fourth-order valence-corrected chi connectivity index (χ4v) is 2.73. The smallest absolute Gasteiger partial charge is 0.131 e. The van der Waals surface area contributed by atoms with E-state index in [0.29, 0.717) is 0 Å². The van der Waals surface area contributed by atoms with E-state index in [0.717, 1.165) is 31.9 Å². The predicted molar refractivity (Wildman–Crippen MR) is 75.0 cm³/mol. The van der Waals surface area contributed by atoms with E-state index in [1.165, 1.54) is 24.3 Å². The second-order valence-electron chi connectivity index (χ2n) is 5.19. The Kier molecular flexibility index (Phi) is 4.24. The minimum absolute atomic E-state index is 0.890. The molecule has 1 aromatic rings. The van der Waals surface area contributed by atoms with Crippen LogP contribution in [0.1, 0.15) is 17.7 Å². The Morgan fingerprint density at radius 1 is 1.17 bits per heavy atom. The molecule has 1 aromatic heterocycles. The van der Waals surface area contributed by atoms with E-state index >= 15 is 0 Å². The second-order valence-corrected chi connectivity index (χ2v) is 5.19. The molecule has 0 spiro atoms. The Morgan fingerprint density at radius 3 is 2.67 bits per heavy atom. The van der Waals surface area contributed by atoms with E-state index in [9.17, 15) is 0 Å². The number of aryl methyl sites for hydroxylation is 2. The highest BCUT2D eigenvalue weighted by molar-refractivity contribution is 5.50. The number of nitrogens with zero attached hydrogens (tertiary/aromatic N) is 4. The van der Waals surface area contributed by atoms with Crippen LogP contribution in [0.25, 0.3) is 0 Å². The molecule has 0 amide bonds. The quantitative estimate of drug-likeness (QED) is 0.853. The van der Waals surface area contributed by atoms with Crippen LogP contribution in [0.15, 0.2) is 0 Å². The lowest BCUT2D eigenvalue weighted by molar-refractivity contribution is 0.360. The molecule has 0 unspecified atom stereocenters. The third kappa shape index (κ3) is 2.67. The van der Waals surface area contributed by atoms with Crippen LogP contribution in [0.5, 0.6) is 0 Å². The molecule has 2 rings (SSSR count).